The molecule has 6 nitrogen and oxygen atoms in total. The number of amides is 1. The van der Waals surface area contributed by atoms with Crippen LogP contribution >= 0.6 is 11.6 Å². The summed E-state index contributed by atoms with van der Waals surface area (Å²) in [6, 6.07) is 0. The highest BCUT2D eigenvalue weighted by atomic mass is 35.5. The highest BCUT2D eigenvalue weighted by Crippen LogP contribution is 2.32. The zero-order valence-electron chi connectivity index (χ0n) is 14.4. The van der Waals surface area contributed by atoms with Crippen LogP contribution in [0.5, 0.6) is 0 Å². The van der Waals surface area contributed by atoms with Gasteiger partial charge < -0.3 is 18.9 Å². The topological polar surface area (TPSA) is 66.4 Å². The van der Waals surface area contributed by atoms with Gasteiger partial charge in [0.05, 0.1) is 12.8 Å². The Hall–Kier alpha value is -1.37. The molecular formula is C16H24ClNO5. The molecule has 0 radical (unpaired) electrons. The smallest absolute Gasteiger partial charge is 0.434 e. The van der Waals surface area contributed by atoms with Crippen molar-refractivity contribution in [2.75, 3.05) is 27.2 Å². The fraction of sp³-hybridized carbons (Fsp3) is 0.625. The van der Waals surface area contributed by atoms with E-state index in [1.54, 1.807) is 32.9 Å². The normalized spacial score (nSPS) is 19.2. The molecule has 0 atom stereocenters. The van der Waals surface area contributed by atoms with E-state index < -0.39 is 17.5 Å². The average molecular weight is 346 g/mol. The minimum atomic E-state index is -1.16. The van der Waals surface area contributed by atoms with Crippen molar-refractivity contribution in [1.29, 1.82) is 0 Å². The standard InChI is InChI=1S/C16H24ClNO5/c1-15(2,3)23-14(19)18-12-9-13(20-4)16(21-5,22-6)10-11(12)7-8-17/h9-10H,7-8H2,1-6H3/b18-12-. The molecule has 0 heterocycles. The predicted octanol–water partition coefficient (Wildman–Crippen LogP) is 3.45. The van der Waals surface area contributed by atoms with Crippen LogP contribution in [0.2, 0.25) is 0 Å². The molecule has 0 aromatic heterocycles. The molecule has 1 amide bonds. The number of carbonyl (C=O) groups is 1. The van der Waals surface area contributed by atoms with Crippen molar-refractivity contribution in [3.05, 3.63) is 23.5 Å². The van der Waals surface area contributed by atoms with Gasteiger partial charge in [-0.05, 0) is 38.8 Å². The molecular weight excluding hydrogens is 322 g/mol. The van der Waals surface area contributed by atoms with Gasteiger partial charge in [-0.3, -0.25) is 0 Å². The van der Waals surface area contributed by atoms with E-state index in [1.807, 2.05) is 0 Å². The predicted molar refractivity (Wildman–Crippen MR) is 88.9 cm³/mol. The van der Waals surface area contributed by atoms with E-state index in [4.69, 9.17) is 30.5 Å². The van der Waals surface area contributed by atoms with E-state index in [-0.39, 0.29) is 0 Å². The molecule has 1 rings (SSSR count). The van der Waals surface area contributed by atoms with Crippen molar-refractivity contribution in [2.45, 2.75) is 38.6 Å². The molecule has 130 valence electrons. The molecule has 0 fully saturated rings. The summed E-state index contributed by atoms with van der Waals surface area (Å²) in [6.07, 6.45) is 3.11. The van der Waals surface area contributed by atoms with Crippen LogP contribution in [-0.2, 0) is 18.9 Å². The molecule has 0 aromatic rings. The quantitative estimate of drug-likeness (QED) is 0.564. The monoisotopic (exact) mass is 345 g/mol. The van der Waals surface area contributed by atoms with E-state index in [1.165, 1.54) is 21.3 Å². The molecule has 0 spiro atoms. The summed E-state index contributed by atoms with van der Waals surface area (Å²) in [4.78, 5) is 16.0. The molecule has 0 N–H and O–H groups in total. The minimum Gasteiger partial charge on any atom is -0.495 e. The van der Waals surface area contributed by atoms with E-state index in [0.717, 1.165) is 5.57 Å². The lowest BCUT2D eigenvalue weighted by molar-refractivity contribution is -0.166. The molecule has 0 unspecified atom stereocenters. The number of hydrogen-bond donors (Lipinski definition) is 0. The number of hydrogen-bond acceptors (Lipinski definition) is 5. The van der Waals surface area contributed by atoms with Crippen LogP contribution in [0, 0.1) is 0 Å². The minimum absolute atomic E-state index is 0.360. The maximum Gasteiger partial charge on any atom is 0.434 e. The summed E-state index contributed by atoms with van der Waals surface area (Å²) < 4.78 is 21.4. The van der Waals surface area contributed by atoms with Crippen molar-refractivity contribution >= 4 is 23.4 Å². The zero-order chi connectivity index (χ0) is 17.7. The number of alkyl halides is 1. The summed E-state index contributed by atoms with van der Waals surface area (Å²) in [6.45, 7) is 5.33. The molecule has 7 heteroatoms. The van der Waals surface area contributed by atoms with Crippen LogP contribution in [0.4, 0.5) is 4.79 Å². The number of carbonyl (C=O) groups excluding carboxylic acids is 1. The van der Waals surface area contributed by atoms with Crippen molar-refractivity contribution in [1.82, 2.24) is 0 Å². The third kappa shape index (κ3) is 5.06. The van der Waals surface area contributed by atoms with E-state index in [2.05, 4.69) is 4.99 Å². The maximum absolute atomic E-state index is 12.0. The highest BCUT2D eigenvalue weighted by molar-refractivity contribution is 6.19. The fourth-order valence-corrected chi connectivity index (χ4v) is 2.29. The van der Waals surface area contributed by atoms with Gasteiger partial charge in [-0.1, -0.05) is 0 Å². The molecule has 1 aliphatic carbocycles. The number of rotatable bonds is 5. The maximum atomic E-state index is 12.0. The lowest BCUT2D eigenvalue weighted by Gasteiger charge is -2.33. The fourth-order valence-electron chi connectivity index (χ4n) is 2.08. The Morgan fingerprint density at radius 2 is 1.87 bits per heavy atom. The Morgan fingerprint density at radius 3 is 2.30 bits per heavy atom. The summed E-state index contributed by atoms with van der Waals surface area (Å²) >= 11 is 5.85. The lowest BCUT2D eigenvalue weighted by atomic mass is 9.95. The number of aliphatic imine (C=N–C) groups is 1. The Bertz CT molecular complexity index is 527. The average Bonchev–Trinajstić information content (AvgIpc) is 2.46. The second kappa shape index (κ2) is 7.95. The summed E-state index contributed by atoms with van der Waals surface area (Å²) in [5, 5.41) is 0. The van der Waals surface area contributed by atoms with Crippen LogP contribution < -0.4 is 0 Å². The van der Waals surface area contributed by atoms with Gasteiger partial charge in [0.15, 0.2) is 5.76 Å². The van der Waals surface area contributed by atoms with Gasteiger partial charge in [0, 0.05) is 26.2 Å². The Morgan fingerprint density at radius 1 is 1.26 bits per heavy atom. The number of ether oxygens (including phenoxy) is 4. The molecule has 0 aliphatic heterocycles. The first-order valence-electron chi connectivity index (χ1n) is 7.17. The van der Waals surface area contributed by atoms with Gasteiger partial charge in [0.25, 0.3) is 0 Å². The number of methoxy groups -OCH3 is 3. The van der Waals surface area contributed by atoms with Crippen LogP contribution in [0.15, 0.2) is 28.5 Å². The van der Waals surface area contributed by atoms with Crippen LogP contribution in [0.3, 0.4) is 0 Å². The number of halogens is 1. The third-order valence-corrected chi connectivity index (χ3v) is 3.29. The van der Waals surface area contributed by atoms with Crippen LogP contribution in [0.1, 0.15) is 27.2 Å². The van der Waals surface area contributed by atoms with E-state index in [0.29, 0.717) is 23.8 Å². The molecule has 0 aromatic carbocycles. The number of nitrogens with zero attached hydrogens (tertiary/aromatic N) is 1. The summed E-state index contributed by atoms with van der Waals surface area (Å²) in [7, 11) is 4.49. The molecule has 23 heavy (non-hydrogen) atoms. The summed E-state index contributed by atoms with van der Waals surface area (Å²) in [5.41, 5.74) is 0.514. The van der Waals surface area contributed by atoms with E-state index in [9.17, 15) is 4.79 Å². The van der Waals surface area contributed by atoms with Gasteiger partial charge in [-0.15, -0.1) is 11.6 Å². The van der Waals surface area contributed by atoms with Gasteiger partial charge in [0.1, 0.15) is 5.60 Å². The molecule has 0 saturated carbocycles. The van der Waals surface area contributed by atoms with Gasteiger partial charge in [-0.25, -0.2) is 4.79 Å². The van der Waals surface area contributed by atoms with Gasteiger partial charge in [0.2, 0.25) is 5.79 Å². The van der Waals surface area contributed by atoms with Crippen LogP contribution in [-0.4, -0.2) is 50.4 Å². The lowest BCUT2D eigenvalue weighted by Crippen LogP contribution is -2.38. The van der Waals surface area contributed by atoms with Gasteiger partial charge >= 0.3 is 6.09 Å². The zero-order valence-corrected chi connectivity index (χ0v) is 15.2. The second-order valence-electron chi connectivity index (χ2n) is 5.87. The van der Waals surface area contributed by atoms with E-state index >= 15 is 0 Å². The Kier molecular flexibility index (Phi) is 6.80. The Labute approximate surface area is 142 Å². The van der Waals surface area contributed by atoms with Crippen molar-refractivity contribution in [3.63, 3.8) is 0 Å². The van der Waals surface area contributed by atoms with Crippen LogP contribution in [0.25, 0.3) is 0 Å². The highest BCUT2D eigenvalue weighted by Gasteiger charge is 2.38. The van der Waals surface area contributed by atoms with Crippen molar-refractivity contribution in [2.24, 2.45) is 4.99 Å². The van der Waals surface area contributed by atoms with Gasteiger partial charge in [-0.2, -0.15) is 4.99 Å². The first-order valence-corrected chi connectivity index (χ1v) is 7.71. The first-order chi connectivity index (χ1) is 10.7. The molecule has 0 saturated heterocycles. The second-order valence-corrected chi connectivity index (χ2v) is 6.25. The summed E-state index contributed by atoms with van der Waals surface area (Å²) in [5.74, 6) is -0.426. The largest absolute Gasteiger partial charge is 0.495 e. The SMILES string of the molecule is COC1=C/C(=N/C(=O)OC(C)(C)C)C(CCCl)=CC1(OC)OC. The molecule has 1 aliphatic rings. The molecule has 0 bridgehead atoms. The first kappa shape index (κ1) is 19.7. The number of allylic oxidation sites excluding steroid dienone is 2. The van der Waals surface area contributed by atoms with Crippen molar-refractivity contribution in [3.8, 4) is 0 Å². The Balaban J connectivity index is 3.25. The third-order valence-electron chi connectivity index (χ3n) is 3.10. The van der Waals surface area contributed by atoms with Crippen molar-refractivity contribution < 1.29 is 23.7 Å².